The summed E-state index contributed by atoms with van der Waals surface area (Å²) in [4.78, 5) is 20.2. The van der Waals surface area contributed by atoms with Gasteiger partial charge in [0.05, 0.1) is 12.2 Å². The van der Waals surface area contributed by atoms with Crippen LogP contribution in [0.1, 0.15) is 57.8 Å². The minimum atomic E-state index is -4.02. The van der Waals surface area contributed by atoms with Gasteiger partial charge in [0.15, 0.2) is 5.82 Å². The highest BCUT2D eigenvalue weighted by Gasteiger charge is 2.41. The van der Waals surface area contributed by atoms with Crippen molar-refractivity contribution in [3.63, 3.8) is 0 Å². The third-order valence-corrected chi connectivity index (χ3v) is 8.62. The molecule has 3 N–H and O–H groups in total. The lowest BCUT2D eigenvalue weighted by molar-refractivity contribution is 0.0979. The van der Waals surface area contributed by atoms with E-state index in [-0.39, 0.29) is 30.2 Å². The highest BCUT2D eigenvalue weighted by atomic mass is 32.2. The maximum Gasteiger partial charge on any atom is 0.304 e. The second-order valence-corrected chi connectivity index (χ2v) is 12.4. The molecule has 1 unspecified atom stereocenters. The zero-order valence-corrected chi connectivity index (χ0v) is 22.5. The van der Waals surface area contributed by atoms with Crippen LogP contribution in [0.25, 0.3) is 5.82 Å². The van der Waals surface area contributed by atoms with E-state index in [1.165, 1.54) is 4.31 Å². The van der Waals surface area contributed by atoms with E-state index in [1.807, 2.05) is 0 Å². The first-order valence-electron chi connectivity index (χ1n) is 12.4. The number of amides is 1. The van der Waals surface area contributed by atoms with Gasteiger partial charge < -0.3 is 15.4 Å². The Morgan fingerprint density at radius 2 is 2.00 bits per heavy atom. The standard InChI is InChI=1S/C24H37N7O4S/c1-16(2)15-35-21-10-13-31(27-21)20-7-6-19(22(26-20)30-12-8-17(3)24(30,4)5)23(32)28-36(33,34)29-11-9-18(25)14-29/h6-7,10,13,16-18H,8-9,11-12,14-15,25H2,1-5H3,(H,28,32)/t17?,18-/m1/s1. The predicted molar refractivity (Wildman–Crippen MR) is 137 cm³/mol. The minimum Gasteiger partial charge on any atom is -0.476 e. The second-order valence-electron chi connectivity index (χ2n) is 10.7. The van der Waals surface area contributed by atoms with Gasteiger partial charge in [-0.3, -0.25) is 4.79 Å². The maximum atomic E-state index is 13.3. The molecule has 4 rings (SSSR count). The minimum absolute atomic E-state index is 0.184. The average molecular weight is 520 g/mol. The van der Waals surface area contributed by atoms with E-state index in [0.717, 1.165) is 6.42 Å². The van der Waals surface area contributed by atoms with Crippen LogP contribution in [0, 0.1) is 11.8 Å². The van der Waals surface area contributed by atoms with Crippen LogP contribution in [0.15, 0.2) is 24.4 Å². The number of hydrogen-bond acceptors (Lipinski definition) is 8. The number of ether oxygens (including phenoxy) is 1. The summed E-state index contributed by atoms with van der Waals surface area (Å²) in [6.07, 6.45) is 3.24. The molecule has 2 atom stereocenters. The zero-order valence-electron chi connectivity index (χ0n) is 21.6. The van der Waals surface area contributed by atoms with Gasteiger partial charge in [-0.05, 0) is 50.7 Å². The van der Waals surface area contributed by atoms with Crippen LogP contribution in [0.2, 0.25) is 0 Å². The number of anilines is 1. The molecule has 2 aromatic heterocycles. The molecule has 4 heterocycles. The number of pyridine rings is 1. The summed E-state index contributed by atoms with van der Waals surface area (Å²) in [5.41, 5.74) is 5.78. The van der Waals surface area contributed by atoms with Crippen molar-refractivity contribution >= 4 is 21.9 Å². The van der Waals surface area contributed by atoms with E-state index < -0.39 is 16.1 Å². The van der Waals surface area contributed by atoms with Crippen molar-refractivity contribution in [1.29, 1.82) is 0 Å². The van der Waals surface area contributed by atoms with Crippen molar-refractivity contribution < 1.29 is 17.9 Å². The normalized spacial score (nSPS) is 22.4. The molecule has 12 heteroatoms. The van der Waals surface area contributed by atoms with E-state index in [1.54, 1.807) is 29.1 Å². The topological polar surface area (TPSA) is 136 Å². The van der Waals surface area contributed by atoms with Crippen LogP contribution >= 0.6 is 0 Å². The molecule has 0 bridgehead atoms. The lowest BCUT2D eigenvalue weighted by Crippen LogP contribution is -2.45. The smallest absolute Gasteiger partial charge is 0.304 e. The van der Waals surface area contributed by atoms with Crippen molar-refractivity contribution in [2.45, 2.75) is 59.0 Å². The average Bonchev–Trinajstić information content (AvgIpc) is 3.52. The number of carbonyl (C=O) groups excluding carboxylic acids is 1. The van der Waals surface area contributed by atoms with Crippen LogP contribution in [0.5, 0.6) is 5.88 Å². The number of nitrogens with two attached hydrogens (primary N) is 1. The molecule has 0 aromatic carbocycles. The molecule has 2 aromatic rings. The fraction of sp³-hybridized carbons (Fsp3) is 0.625. The van der Waals surface area contributed by atoms with Gasteiger partial charge >= 0.3 is 10.2 Å². The third kappa shape index (κ3) is 5.35. The monoisotopic (exact) mass is 519 g/mol. The molecule has 2 aliphatic heterocycles. The SMILES string of the molecule is CC(C)COc1ccn(-c2ccc(C(=O)NS(=O)(=O)N3CC[C@@H](N)C3)c(N3CCC(C)C3(C)C)n2)n1. The predicted octanol–water partition coefficient (Wildman–Crippen LogP) is 1.93. The molecule has 1 amide bonds. The Bertz CT molecular complexity index is 1210. The largest absolute Gasteiger partial charge is 0.476 e. The first-order chi connectivity index (χ1) is 16.9. The summed E-state index contributed by atoms with van der Waals surface area (Å²) < 4.78 is 36.4. The molecule has 2 aliphatic rings. The van der Waals surface area contributed by atoms with Crippen molar-refractivity contribution in [2.75, 3.05) is 31.1 Å². The number of nitrogens with one attached hydrogen (secondary N) is 1. The summed E-state index contributed by atoms with van der Waals surface area (Å²) in [6, 6.07) is 4.79. The van der Waals surface area contributed by atoms with Gasteiger partial charge in [0.25, 0.3) is 5.91 Å². The third-order valence-electron chi connectivity index (χ3n) is 7.16. The van der Waals surface area contributed by atoms with Crippen LogP contribution in [-0.2, 0) is 10.2 Å². The number of nitrogens with zero attached hydrogens (tertiary/aromatic N) is 5. The van der Waals surface area contributed by atoms with Gasteiger partial charge in [0, 0.05) is 43.5 Å². The lowest BCUT2D eigenvalue weighted by atomic mass is 9.90. The Kier molecular flexibility index (Phi) is 7.31. The molecule has 0 radical (unpaired) electrons. The number of aromatic nitrogens is 3. The van der Waals surface area contributed by atoms with E-state index in [9.17, 15) is 13.2 Å². The Hall–Kier alpha value is -2.70. The Balaban J connectivity index is 1.67. The molecule has 11 nitrogen and oxygen atoms in total. The van der Waals surface area contributed by atoms with Crippen LogP contribution in [0.3, 0.4) is 0 Å². The first kappa shape index (κ1) is 26.4. The Labute approximate surface area is 213 Å². The summed E-state index contributed by atoms with van der Waals surface area (Å²) >= 11 is 0. The molecule has 2 fully saturated rings. The quantitative estimate of drug-likeness (QED) is 0.540. The van der Waals surface area contributed by atoms with E-state index in [0.29, 0.717) is 48.9 Å². The highest BCUT2D eigenvalue weighted by Crippen LogP contribution is 2.39. The van der Waals surface area contributed by atoms with Crippen molar-refractivity contribution in [1.82, 2.24) is 23.8 Å². The van der Waals surface area contributed by atoms with Gasteiger partial charge in [-0.2, -0.15) is 12.7 Å². The van der Waals surface area contributed by atoms with Crippen molar-refractivity contribution in [2.24, 2.45) is 17.6 Å². The molecule has 36 heavy (non-hydrogen) atoms. The van der Waals surface area contributed by atoms with Gasteiger partial charge in [0.2, 0.25) is 5.88 Å². The Morgan fingerprint density at radius 1 is 1.25 bits per heavy atom. The summed E-state index contributed by atoms with van der Waals surface area (Å²) in [5, 5.41) is 4.46. The lowest BCUT2D eigenvalue weighted by Gasteiger charge is -2.36. The zero-order chi connectivity index (χ0) is 26.3. The molecule has 0 aliphatic carbocycles. The van der Waals surface area contributed by atoms with Gasteiger partial charge in [-0.1, -0.05) is 20.8 Å². The number of rotatable bonds is 8. The molecular formula is C24H37N7O4S. The number of hydrogen-bond donors (Lipinski definition) is 2. The summed E-state index contributed by atoms with van der Waals surface area (Å²) in [6.45, 7) is 12.2. The molecule has 0 spiro atoms. The van der Waals surface area contributed by atoms with Gasteiger partial charge in [-0.25, -0.2) is 14.4 Å². The van der Waals surface area contributed by atoms with Gasteiger partial charge in [0.1, 0.15) is 5.82 Å². The summed E-state index contributed by atoms with van der Waals surface area (Å²) in [5.74, 6) is 1.41. The Morgan fingerprint density at radius 3 is 2.61 bits per heavy atom. The highest BCUT2D eigenvalue weighted by molar-refractivity contribution is 7.87. The van der Waals surface area contributed by atoms with Crippen LogP contribution in [-0.4, -0.2) is 71.2 Å². The van der Waals surface area contributed by atoms with E-state index >= 15 is 0 Å². The van der Waals surface area contributed by atoms with E-state index in [4.69, 9.17) is 15.5 Å². The fourth-order valence-electron chi connectivity index (χ4n) is 4.53. The van der Waals surface area contributed by atoms with E-state index in [2.05, 4.69) is 49.3 Å². The molecule has 198 valence electrons. The van der Waals surface area contributed by atoms with Crippen LogP contribution in [0.4, 0.5) is 5.82 Å². The second kappa shape index (κ2) is 9.98. The molecular weight excluding hydrogens is 482 g/mol. The summed E-state index contributed by atoms with van der Waals surface area (Å²) in [7, 11) is -4.02. The first-order valence-corrected chi connectivity index (χ1v) is 13.9. The van der Waals surface area contributed by atoms with Crippen molar-refractivity contribution in [3.8, 4) is 11.7 Å². The molecule has 2 saturated heterocycles. The van der Waals surface area contributed by atoms with Crippen LogP contribution < -0.4 is 20.1 Å². The maximum absolute atomic E-state index is 13.3. The number of carbonyl (C=O) groups is 1. The van der Waals surface area contributed by atoms with Gasteiger partial charge in [-0.15, -0.1) is 5.10 Å². The molecule has 0 saturated carbocycles. The fourth-order valence-corrected chi connectivity index (χ4v) is 5.74. The van der Waals surface area contributed by atoms with Crippen molar-refractivity contribution in [3.05, 3.63) is 30.0 Å².